The van der Waals surface area contributed by atoms with Gasteiger partial charge < -0.3 is 20.1 Å². The Hall–Kier alpha value is -2.79. The molecule has 2 fully saturated rings. The molecule has 2 N–H and O–H groups in total. The van der Waals surface area contributed by atoms with Gasteiger partial charge in [-0.15, -0.1) is 0 Å². The highest BCUT2D eigenvalue weighted by Gasteiger charge is 2.47. The minimum atomic E-state index is -4.94. The number of alkyl carbamates (subject to hydrolysis) is 1. The summed E-state index contributed by atoms with van der Waals surface area (Å²) in [6.07, 6.45) is -11.5. The largest absolute Gasteiger partial charge is 0.443 e. The lowest BCUT2D eigenvalue weighted by atomic mass is 9.80. The first-order chi connectivity index (χ1) is 15.9. The zero-order chi connectivity index (χ0) is 24.7. The second-order valence-corrected chi connectivity index (χ2v) is 8.52. The fourth-order valence-electron chi connectivity index (χ4n) is 4.36. The van der Waals surface area contributed by atoms with Gasteiger partial charge in [-0.3, -0.25) is 0 Å². The topological polar surface area (TPSA) is 59.6 Å². The molecule has 0 aromatic heterocycles. The molecule has 2 aliphatic rings. The SMILES string of the molecule is C[C@@H](OC[C@@]1(c2ccccc2)CC2NC(=O)OC2CN1)c1cc(C(F)(F)F)cc(C(F)(F)F)c1. The van der Waals surface area contributed by atoms with Gasteiger partial charge in [0.1, 0.15) is 6.10 Å². The van der Waals surface area contributed by atoms with Crippen LogP contribution in [0.15, 0.2) is 48.5 Å². The molecule has 2 unspecified atom stereocenters. The molecule has 4 rings (SSSR count). The zero-order valence-electron chi connectivity index (χ0n) is 18.0. The number of piperidine rings is 1. The predicted molar refractivity (Wildman–Crippen MR) is 109 cm³/mol. The van der Waals surface area contributed by atoms with Crippen molar-refractivity contribution in [3.8, 4) is 0 Å². The summed E-state index contributed by atoms with van der Waals surface area (Å²) < 4.78 is 90.6. The van der Waals surface area contributed by atoms with Crippen LogP contribution in [0.5, 0.6) is 0 Å². The smallest absolute Gasteiger partial charge is 0.416 e. The molecule has 2 aliphatic heterocycles. The molecule has 5 nitrogen and oxygen atoms in total. The monoisotopic (exact) mass is 488 g/mol. The van der Waals surface area contributed by atoms with Crippen molar-refractivity contribution < 1.29 is 40.6 Å². The van der Waals surface area contributed by atoms with Gasteiger partial charge in [0, 0.05) is 6.54 Å². The maximum atomic E-state index is 13.3. The van der Waals surface area contributed by atoms with E-state index in [0.717, 1.165) is 5.56 Å². The first-order valence-corrected chi connectivity index (χ1v) is 10.6. The average Bonchev–Trinajstić information content (AvgIpc) is 3.15. The summed E-state index contributed by atoms with van der Waals surface area (Å²) >= 11 is 0. The second kappa shape index (κ2) is 8.77. The van der Waals surface area contributed by atoms with E-state index in [9.17, 15) is 31.1 Å². The van der Waals surface area contributed by atoms with E-state index in [-0.39, 0.29) is 30.4 Å². The van der Waals surface area contributed by atoms with E-state index in [2.05, 4.69) is 10.6 Å². The first-order valence-electron chi connectivity index (χ1n) is 10.6. The number of ether oxygens (including phenoxy) is 2. The molecular formula is C23H22F6N2O3. The van der Waals surface area contributed by atoms with Crippen LogP contribution >= 0.6 is 0 Å². The summed E-state index contributed by atoms with van der Waals surface area (Å²) in [5.41, 5.74) is -3.06. The van der Waals surface area contributed by atoms with Gasteiger partial charge in [0.05, 0.1) is 35.4 Å². The van der Waals surface area contributed by atoms with Crippen molar-refractivity contribution >= 4 is 6.09 Å². The number of carbonyl (C=O) groups excluding carboxylic acids is 1. The number of amides is 1. The standard InChI is InChI=1S/C23H22F6N2O3/c1-13(14-7-16(22(24,25)26)9-17(8-14)23(27,28)29)33-12-21(15-5-3-2-4-6-15)10-18-19(11-30-21)34-20(32)31-18/h2-9,13,18-19,30H,10-12H2,1H3,(H,31,32)/t13-,18?,19?,21-/m1/s1. The summed E-state index contributed by atoms with van der Waals surface area (Å²) in [6.45, 7) is 1.65. The third-order valence-electron chi connectivity index (χ3n) is 6.21. The molecule has 2 aromatic rings. The van der Waals surface area contributed by atoms with E-state index in [4.69, 9.17) is 9.47 Å². The predicted octanol–water partition coefficient (Wildman–Crippen LogP) is 5.17. The van der Waals surface area contributed by atoms with Gasteiger partial charge in [-0.25, -0.2) is 4.79 Å². The van der Waals surface area contributed by atoms with Gasteiger partial charge in [-0.2, -0.15) is 26.3 Å². The van der Waals surface area contributed by atoms with Gasteiger partial charge in [-0.1, -0.05) is 30.3 Å². The van der Waals surface area contributed by atoms with Crippen LogP contribution in [0.1, 0.15) is 41.7 Å². The lowest BCUT2D eigenvalue weighted by molar-refractivity contribution is -0.143. The number of hydrogen-bond donors (Lipinski definition) is 2. The van der Waals surface area contributed by atoms with E-state index < -0.39 is 41.2 Å². The van der Waals surface area contributed by atoms with Crippen molar-refractivity contribution in [3.63, 3.8) is 0 Å². The fraction of sp³-hybridized carbons (Fsp3) is 0.435. The van der Waals surface area contributed by atoms with Crippen LogP contribution in [-0.4, -0.2) is 31.4 Å². The minimum absolute atomic E-state index is 0.0606. The molecule has 4 atom stereocenters. The molecule has 0 aliphatic carbocycles. The summed E-state index contributed by atoms with van der Waals surface area (Å²) in [7, 11) is 0. The molecule has 184 valence electrons. The average molecular weight is 488 g/mol. The Bertz CT molecular complexity index is 1010. The summed E-state index contributed by atoms with van der Waals surface area (Å²) in [5.74, 6) is 0. The third-order valence-corrected chi connectivity index (χ3v) is 6.21. The lowest BCUT2D eigenvalue weighted by Crippen LogP contribution is -2.59. The highest BCUT2D eigenvalue weighted by Crippen LogP contribution is 2.39. The summed E-state index contributed by atoms with van der Waals surface area (Å²) in [5, 5.41) is 6.06. The van der Waals surface area contributed by atoms with Crippen molar-refractivity contribution in [1.29, 1.82) is 0 Å². The number of nitrogens with one attached hydrogen (secondary N) is 2. The number of alkyl halides is 6. The zero-order valence-corrected chi connectivity index (χ0v) is 18.0. The lowest BCUT2D eigenvalue weighted by Gasteiger charge is -2.43. The first kappa shape index (κ1) is 24.3. The maximum Gasteiger partial charge on any atom is 0.416 e. The van der Waals surface area contributed by atoms with Gasteiger partial charge in [0.2, 0.25) is 0 Å². The summed E-state index contributed by atoms with van der Waals surface area (Å²) in [6, 6.07) is 10.2. The molecule has 11 heteroatoms. The Morgan fingerprint density at radius 1 is 1.06 bits per heavy atom. The molecule has 0 saturated carbocycles. The quantitative estimate of drug-likeness (QED) is 0.571. The normalized spacial score (nSPS) is 25.9. The molecule has 2 heterocycles. The number of hydrogen-bond acceptors (Lipinski definition) is 4. The van der Waals surface area contributed by atoms with Gasteiger partial charge in [-0.05, 0) is 42.7 Å². The Morgan fingerprint density at radius 2 is 1.68 bits per heavy atom. The molecular weight excluding hydrogens is 466 g/mol. The van der Waals surface area contributed by atoms with Crippen molar-refractivity contribution in [2.75, 3.05) is 13.2 Å². The maximum absolute atomic E-state index is 13.3. The van der Waals surface area contributed by atoms with Crippen molar-refractivity contribution in [1.82, 2.24) is 10.6 Å². The van der Waals surface area contributed by atoms with Crippen LogP contribution in [0.4, 0.5) is 31.1 Å². The molecule has 0 radical (unpaired) electrons. The molecule has 2 saturated heterocycles. The minimum Gasteiger partial charge on any atom is -0.443 e. The number of halogens is 6. The van der Waals surface area contributed by atoms with Gasteiger partial charge in [0.15, 0.2) is 0 Å². The molecule has 2 aromatic carbocycles. The Balaban J connectivity index is 1.61. The third kappa shape index (κ3) is 5.00. The number of fused-ring (bicyclic) bond motifs is 1. The fourth-order valence-corrected chi connectivity index (χ4v) is 4.36. The summed E-state index contributed by atoms with van der Waals surface area (Å²) in [4.78, 5) is 11.7. The molecule has 34 heavy (non-hydrogen) atoms. The highest BCUT2D eigenvalue weighted by molar-refractivity contribution is 5.70. The van der Waals surface area contributed by atoms with Crippen LogP contribution in [0.3, 0.4) is 0 Å². The van der Waals surface area contributed by atoms with Crippen LogP contribution in [-0.2, 0) is 27.4 Å². The van der Waals surface area contributed by atoms with Gasteiger partial charge >= 0.3 is 18.4 Å². The number of benzene rings is 2. The van der Waals surface area contributed by atoms with Crippen LogP contribution in [0, 0.1) is 0 Å². The van der Waals surface area contributed by atoms with E-state index >= 15 is 0 Å². The molecule has 1 amide bonds. The van der Waals surface area contributed by atoms with Crippen LogP contribution < -0.4 is 10.6 Å². The van der Waals surface area contributed by atoms with Gasteiger partial charge in [0.25, 0.3) is 0 Å². The van der Waals surface area contributed by atoms with Crippen molar-refractivity contribution in [2.45, 2.75) is 49.5 Å². The molecule has 0 spiro atoms. The van der Waals surface area contributed by atoms with E-state index in [1.165, 1.54) is 6.92 Å². The van der Waals surface area contributed by atoms with E-state index in [0.29, 0.717) is 25.1 Å². The Morgan fingerprint density at radius 3 is 2.26 bits per heavy atom. The van der Waals surface area contributed by atoms with E-state index in [1.54, 1.807) is 12.1 Å². The van der Waals surface area contributed by atoms with Crippen molar-refractivity contribution in [2.24, 2.45) is 0 Å². The Kier molecular flexibility index (Phi) is 6.28. The number of rotatable bonds is 5. The van der Waals surface area contributed by atoms with Crippen LogP contribution in [0.2, 0.25) is 0 Å². The van der Waals surface area contributed by atoms with Crippen LogP contribution in [0.25, 0.3) is 0 Å². The van der Waals surface area contributed by atoms with E-state index in [1.807, 2.05) is 18.2 Å². The molecule has 0 bridgehead atoms. The number of carbonyl (C=O) groups is 1. The highest BCUT2D eigenvalue weighted by atomic mass is 19.4. The Labute approximate surface area is 191 Å². The second-order valence-electron chi connectivity index (χ2n) is 8.52. The van der Waals surface area contributed by atoms with Crippen molar-refractivity contribution in [3.05, 3.63) is 70.8 Å².